The third-order valence-electron chi connectivity index (χ3n) is 4.05. The minimum Gasteiger partial charge on any atom is -0.353 e. The average Bonchev–Trinajstić information content (AvgIpc) is 2.72. The molecule has 2 N–H and O–H groups in total. The molecule has 3 heterocycles. The Morgan fingerprint density at radius 2 is 2.23 bits per heavy atom. The van der Waals surface area contributed by atoms with Crippen molar-refractivity contribution in [1.82, 2.24) is 15.6 Å². The number of pyridine rings is 1. The molecule has 9 heteroatoms. The van der Waals surface area contributed by atoms with Crippen LogP contribution < -0.4 is 15.5 Å². The highest BCUT2D eigenvalue weighted by Crippen LogP contribution is 2.30. The van der Waals surface area contributed by atoms with Gasteiger partial charge in [0, 0.05) is 12.6 Å². The highest BCUT2D eigenvalue weighted by Gasteiger charge is 2.49. The van der Waals surface area contributed by atoms with Crippen LogP contribution in [-0.4, -0.2) is 40.5 Å². The number of nitro groups is 1. The zero-order valence-corrected chi connectivity index (χ0v) is 12.0. The lowest BCUT2D eigenvalue weighted by molar-refractivity contribution is -0.385. The number of nitrogens with zero attached hydrogens (tertiary/aromatic N) is 3. The van der Waals surface area contributed by atoms with Gasteiger partial charge in [-0.05, 0) is 25.3 Å². The predicted molar refractivity (Wildman–Crippen MR) is 76.5 cm³/mol. The highest BCUT2D eigenvalue weighted by molar-refractivity contribution is 6.07. The summed E-state index contributed by atoms with van der Waals surface area (Å²) < 4.78 is 0. The van der Waals surface area contributed by atoms with Gasteiger partial charge >= 0.3 is 6.03 Å². The molecule has 2 aliphatic rings. The average molecular weight is 305 g/mol. The van der Waals surface area contributed by atoms with Crippen LogP contribution in [0.3, 0.4) is 0 Å². The molecule has 0 radical (unpaired) electrons. The van der Waals surface area contributed by atoms with E-state index in [-0.39, 0.29) is 11.6 Å². The van der Waals surface area contributed by atoms with E-state index in [1.54, 1.807) is 6.92 Å². The Labute approximate surface area is 125 Å². The van der Waals surface area contributed by atoms with E-state index in [1.165, 1.54) is 12.3 Å². The van der Waals surface area contributed by atoms with Gasteiger partial charge in [0.05, 0.1) is 11.5 Å². The molecule has 9 nitrogen and oxygen atoms in total. The Morgan fingerprint density at radius 3 is 2.82 bits per heavy atom. The van der Waals surface area contributed by atoms with Crippen LogP contribution >= 0.6 is 0 Å². The van der Waals surface area contributed by atoms with Gasteiger partial charge in [-0.2, -0.15) is 0 Å². The van der Waals surface area contributed by atoms with Crippen molar-refractivity contribution in [3.63, 3.8) is 0 Å². The second-order valence-corrected chi connectivity index (χ2v) is 5.61. The lowest BCUT2D eigenvalue weighted by Gasteiger charge is -2.39. The molecule has 22 heavy (non-hydrogen) atoms. The van der Waals surface area contributed by atoms with Crippen molar-refractivity contribution in [1.29, 1.82) is 0 Å². The molecule has 3 amide bonds. The van der Waals surface area contributed by atoms with Gasteiger partial charge in [0.2, 0.25) is 0 Å². The second kappa shape index (κ2) is 4.93. The van der Waals surface area contributed by atoms with Crippen molar-refractivity contribution in [2.45, 2.75) is 25.3 Å². The fourth-order valence-corrected chi connectivity index (χ4v) is 3.04. The van der Waals surface area contributed by atoms with Crippen LogP contribution in [0, 0.1) is 17.0 Å². The molecule has 2 aliphatic heterocycles. The first-order valence-corrected chi connectivity index (χ1v) is 6.91. The van der Waals surface area contributed by atoms with Crippen molar-refractivity contribution >= 4 is 23.4 Å². The summed E-state index contributed by atoms with van der Waals surface area (Å²) in [5, 5.41) is 15.7. The number of carbonyl (C=O) groups is 2. The summed E-state index contributed by atoms with van der Waals surface area (Å²) in [5.74, 6) is 0.264. The Balaban J connectivity index is 1.88. The lowest BCUT2D eigenvalue weighted by Crippen LogP contribution is -2.58. The van der Waals surface area contributed by atoms with E-state index in [2.05, 4.69) is 15.6 Å². The van der Waals surface area contributed by atoms with Crippen molar-refractivity contribution < 1.29 is 14.5 Å². The van der Waals surface area contributed by atoms with Gasteiger partial charge in [0.15, 0.2) is 0 Å². The topological polar surface area (TPSA) is 117 Å². The van der Waals surface area contributed by atoms with E-state index in [4.69, 9.17) is 0 Å². The molecule has 116 valence electrons. The predicted octanol–water partition coefficient (Wildman–Crippen LogP) is 0.477. The van der Waals surface area contributed by atoms with Gasteiger partial charge < -0.3 is 10.2 Å². The molecule has 0 bridgehead atoms. The van der Waals surface area contributed by atoms with E-state index >= 15 is 0 Å². The van der Waals surface area contributed by atoms with Crippen LogP contribution in [0.15, 0.2) is 12.3 Å². The van der Waals surface area contributed by atoms with Crippen LogP contribution in [0.25, 0.3) is 0 Å². The molecule has 0 aliphatic carbocycles. The number of aromatic nitrogens is 1. The number of imide groups is 1. The smallest absolute Gasteiger partial charge is 0.322 e. The number of piperidine rings is 1. The SMILES string of the molecule is Cc1cc([N+](=O)[O-])cnc1N1CCCC2(C1)NC(=O)NC2=O. The van der Waals surface area contributed by atoms with Crippen LogP contribution in [0.4, 0.5) is 16.3 Å². The van der Waals surface area contributed by atoms with Gasteiger partial charge in [0.1, 0.15) is 17.6 Å². The van der Waals surface area contributed by atoms with Gasteiger partial charge in [-0.3, -0.25) is 20.2 Å². The maximum atomic E-state index is 12.0. The van der Waals surface area contributed by atoms with Crippen LogP contribution in [0.5, 0.6) is 0 Å². The molecule has 1 unspecified atom stereocenters. The summed E-state index contributed by atoms with van der Waals surface area (Å²) in [4.78, 5) is 39.8. The number of aryl methyl sites for hydroxylation is 1. The van der Waals surface area contributed by atoms with Crippen molar-refractivity contribution in [2.24, 2.45) is 0 Å². The van der Waals surface area contributed by atoms with Crippen LogP contribution in [-0.2, 0) is 4.79 Å². The number of anilines is 1. The minimum absolute atomic E-state index is 0.0696. The number of nitrogens with one attached hydrogen (secondary N) is 2. The van der Waals surface area contributed by atoms with E-state index < -0.39 is 16.5 Å². The van der Waals surface area contributed by atoms with Gasteiger partial charge in [-0.25, -0.2) is 9.78 Å². The zero-order valence-electron chi connectivity index (χ0n) is 12.0. The summed E-state index contributed by atoms with van der Waals surface area (Å²) in [7, 11) is 0. The number of hydrogen-bond donors (Lipinski definition) is 2. The number of rotatable bonds is 2. The molecule has 1 aromatic rings. The summed E-state index contributed by atoms with van der Waals surface area (Å²) in [6.45, 7) is 2.72. The minimum atomic E-state index is -0.939. The molecule has 0 saturated carbocycles. The summed E-state index contributed by atoms with van der Waals surface area (Å²) >= 11 is 0. The van der Waals surface area contributed by atoms with Crippen LogP contribution in [0.2, 0.25) is 0 Å². The molecular formula is C13H15N5O4. The second-order valence-electron chi connectivity index (χ2n) is 5.61. The van der Waals surface area contributed by atoms with E-state index in [9.17, 15) is 19.7 Å². The maximum absolute atomic E-state index is 12.0. The number of urea groups is 1. The summed E-state index contributed by atoms with van der Waals surface area (Å²) in [5.41, 5.74) is -0.346. The zero-order chi connectivity index (χ0) is 15.9. The van der Waals surface area contributed by atoms with Gasteiger partial charge in [-0.15, -0.1) is 0 Å². The van der Waals surface area contributed by atoms with Crippen LogP contribution in [0.1, 0.15) is 18.4 Å². The highest BCUT2D eigenvalue weighted by atomic mass is 16.6. The first-order chi connectivity index (χ1) is 10.4. The molecule has 2 fully saturated rings. The Morgan fingerprint density at radius 1 is 1.45 bits per heavy atom. The quantitative estimate of drug-likeness (QED) is 0.466. The Hall–Kier alpha value is -2.71. The third-order valence-corrected chi connectivity index (χ3v) is 4.05. The normalized spacial score (nSPS) is 24.3. The number of amides is 3. The molecule has 0 aromatic carbocycles. The standard InChI is InChI=1S/C13H15N5O4/c1-8-5-9(18(21)22)6-14-10(8)17-4-2-3-13(7-17)11(19)15-12(20)16-13/h5-6H,2-4,7H2,1H3,(H2,15,16,19,20). The molecule has 1 aromatic heterocycles. The Bertz CT molecular complexity index is 676. The monoisotopic (exact) mass is 305 g/mol. The van der Waals surface area contributed by atoms with Crippen molar-refractivity contribution in [3.8, 4) is 0 Å². The molecular weight excluding hydrogens is 290 g/mol. The Kier molecular flexibility index (Phi) is 3.19. The summed E-state index contributed by atoms with van der Waals surface area (Å²) in [6, 6.07) is 0.969. The maximum Gasteiger partial charge on any atom is 0.322 e. The van der Waals surface area contributed by atoms with Gasteiger partial charge in [0.25, 0.3) is 11.6 Å². The van der Waals surface area contributed by atoms with E-state index in [1.807, 2.05) is 4.90 Å². The number of carbonyl (C=O) groups excluding carboxylic acids is 2. The molecule has 1 atom stereocenters. The molecule has 3 rings (SSSR count). The third kappa shape index (κ3) is 2.24. The largest absolute Gasteiger partial charge is 0.353 e. The summed E-state index contributed by atoms with van der Waals surface area (Å²) in [6.07, 6.45) is 2.48. The first kappa shape index (κ1) is 14.2. The lowest BCUT2D eigenvalue weighted by atomic mass is 9.89. The van der Waals surface area contributed by atoms with E-state index in [0.717, 1.165) is 0 Å². The fraction of sp³-hybridized carbons (Fsp3) is 0.462. The molecule has 1 spiro atoms. The molecule has 2 saturated heterocycles. The van der Waals surface area contributed by atoms with E-state index in [0.29, 0.717) is 37.3 Å². The van der Waals surface area contributed by atoms with Gasteiger partial charge in [-0.1, -0.05) is 0 Å². The van der Waals surface area contributed by atoms with Crippen molar-refractivity contribution in [3.05, 3.63) is 27.9 Å². The number of hydrogen-bond acceptors (Lipinski definition) is 6. The van der Waals surface area contributed by atoms with Crippen molar-refractivity contribution in [2.75, 3.05) is 18.0 Å². The fourth-order valence-electron chi connectivity index (χ4n) is 3.04. The first-order valence-electron chi connectivity index (χ1n) is 6.91.